The van der Waals surface area contributed by atoms with Crippen molar-refractivity contribution in [1.82, 2.24) is 14.5 Å². The SMILES string of the molecule is CCOc1ccc(Cl)c(-n2c(CC(C)C)c(C(=O)N3CCCCC3)cc(-c3nc(-c4ccc(Cl)cc4)cs3)c2=O)c1. The predicted molar refractivity (Wildman–Crippen MR) is 168 cm³/mol. The quantitative estimate of drug-likeness (QED) is 0.202. The Hall–Kier alpha value is -3.13. The molecule has 0 saturated carbocycles. The van der Waals surface area contributed by atoms with Crippen LogP contribution in [0.5, 0.6) is 5.75 Å². The summed E-state index contributed by atoms with van der Waals surface area (Å²) in [6, 6.07) is 14.5. The summed E-state index contributed by atoms with van der Waals surface area (Å²) < 4.78 is 7.38. The van der Waals surface area contributed by atoms with Crippen LogP contribution in [0.3, 0.4) is 0 Å². The topological polar surface area (TPSA) is 64.4 Å². The van der Waals surface area contributed by atoms with Crippen LogP contribution >= 0.6 is 34.5 Å². The zero-order chi connectivity index (χ0) is 29.1. The molecule has 0 radical (unpaired) electrons. The fraction of sp³-hybridized carbons (Fsp3) is 0.344. The Labute approximate surface area is 254 Å². The highest BCUT2D eigenvalue weighted by Gasteiger charge is 2.28. The number of benzene rings is 2. The van der Waals surface area contributed by atoms with Crippen molar-refractivity contribution in [2.45, 2.75) is 46.5 Å². The van der Waals surface area contributed by atoms with Gasteiger partial charge >= 0.3 is 0 Å². The van der Waals surface area contributed by atoms with Gasteiger partial charge < -0.3 is 9.64 Å². The maximum atomic E-state index is 14.4. The molecule has 1 aliphatic heterocycles. The Kier molecular flexibility index (Phi) is 9.17. The third kappa shape index (κ3) is 6.37. The average molecular weight is 611 g/mol. The standard InChI is InChI=1S/C32H33Cl2N3O3S/c1-4-40-23-12-13-26(34)29(17-23)37-28(16-20(2)3)24(31(38)36-14-6-5-7-15-36)18-25(32(37)39)30-35-27(19-41-30)21-8-10-22(33)11-9-21/h8-13,17-20H,4-7,14-16H2,1-3H3. The van der Waals surface area contributed by atoms with Crippen LogP contribution in [0.1, 0.15) is 56.1 Å². The Morgan fingerprint density at radius 1 is 1.05 bits per heavy atom. The summed E-state index contributed by atoms with van der Waals surface area (Å²) >= 11 is 14.2. The monoisotopic (exact) mass is 609 g/mol. The molecule has 1 fully saturated rings. The maximum absolute atomic E-state index is 14.4. The van der Waals surface area contributed by atoms with E-state index >= 15 is 0 Å². The average Bonchev–Trinajstić information content (AvgIpc) is 3.45. The summed E-state index contributed by atoms with van der Waals surface area (Å²) in [6.07, 6.45) is 3.57. The van der Waals surface area contributed by atoms with E-state index in [2.05, 4.69) is 13.8 Å². The van der Waals surface area contributed by atoms with Crippen LogP contribution in [0.25, 0.3) is 27.5 Å². The highest BCUT2D eigenvalue weighted by atomic mass is 35.5. The maximum Gasteiger partial charge on any atom is 0.265 e. The molecule has 9 heteroatoms. The van der Waals surface area contributed by atoms with Gasteiger partial charge in [0.1, 0.15) is 10.8 Å². The van der Waals surface area contributed by atoms with Gasteiger partial charge in [-0.05, 0) is 68.9 Å². The van der Waals surface area contributed by atoms with E-state index in [4.69, 9.17) is 32.9 Å². The first kappa shape index (κ1) is 29.4. The Bertz CT molecular complexity index is 1610. The predicted octanol–water partition coefficient (Wildman–Crippen LogP) is 8.16. The molecule has 1 saturated heterocycles. The largest absolute Gasteiger partial charge is 0.494 e. The smallest absolute Gasteiger partial charge is 0.265 e. The number of amides is 1. The molecule has 0 atom stereocenters. The second kappa shape index (κ2) is 12.8. The van der Waals surface area contributed by atoms with Gasteiger partial charge in [-0.25, -0.2) is 4.98 Å². The van der Waals surface area contributed by atoms with Crippen LogP contribution in [-0.4, -0.2) is 40.1 Å². The molecule has 0 aliphatic carbocycles. The van der Waals surface area contributed by atoms with Crippen molar-refractivity contribution in [3.8, 4) is 33.3 Å². The summed E-state index contributed by atoms with van der Waals surface area (Å²) in [7, 11) is 0. The van der Waals surface area contributed by atoms with E-state index in [-0.39, 0.29) is 17.4 Å². The molecule has 1 amide bonds. The first-order chi connectivity index (χ1) is 19.8. The van der Waals surface area contributed by atoms with Crippen molar-refractivity contribution in [1.29, 1.82) is 0 Å². The van der Waals surface area contributed by atoms with Gasteiger partial charge in [0, 0.05) is 40.8 Å². The van der Waals surface area contributed by atoms with Gasteiger partial charge in [0.05, 0.1) is 34.1 Å². The Balaban J connectivity index is 1.76. The molecule has 3 heterocycles. The van der Waals surface area contributed by atoms with E-state index in [9.17, 15) is 9.59 Å². The molecule has 0 unspecified atom stereocenters. The van der Waals surface area contributed by atoms with Gasteiger partial charge in [-0.15, -0.1) is 11.3 Å². The summed E-state index contributed by atoms with van der Waals surface area (Å²) in [6.45, 7) is 7.94. The number of nitrogens with zero attached hydrogens (tertiary/aromatic N) is 3. The third-order valence-corrected chi connectivity index (χ3v) is 8.57. The molecule has 4 aromatic rings. The summed E-state index contributed by atoms with van der Waals surface area (Å²) in [4.78, 5) is 35.3. The van der Waals surface area contributed by atoms with E-state index in [0.29, 0.717) is 69.4 Å². The molecular weight excluding hydrogens is 577 g/mol. The molecule has 214 valence electrons. The number of carbonyl (C=O) groups is 1. The van der Waals surface area contributed by atoms with Crippen LogP contribution in [0.4, 0.5) is 0 Å². The normalized spacial score (nSPS) is 13.6. The Morgan fingerprint density at radius 3 is 2.46 bits per heavy atom. The third-order valence-electron chi connectivity index (χ3n) is 7.12. The van der Waals surface area contributed by atoms with Crippen LogP contribution in [0.15, 0.2) is 58.7 Å². The lowest BCUT2D eigenvalue weighted by molar-refractivity contribution is 0.0722. The lowest BCUT2D eigenvalue weighted by Gasteiger charge is -2.29. The minimum Gasteiger partial charge on any atom is -0.494 e. The number of carbonyl (C=O) groups excluding carboxylic acids is 1. The van der Waals surface area contributed by atoms with Gasteiger partial charge in [0.2, 0.25) is 0 Å². The van der Waals surface area contributed by atoms with Crippen molar-refractivity contribution in [3.63, 3.8) is 0 Å². The van der Waals surface area contributed by atoms with Gasteiger partial charge in [-0.1, -0.05) is 49.2 Å². The van der Waals surface area contributed by atoms with E-state index in [1.807, 2.05) is 41.5 Å². The van der Waals surface area contributed by atoms with Gasteiger partial charge in [-0.2, -0.15) is 0 Å². The number of thiazole rings is 1. The molecule has 0 spiro atoms. The van der Waals surface area contributed by atoms with Crippen molar-refractivity contribution in [2.24, 2.45) is 5.92 Å². The highest BCUT2D eigenvalue weighted by molar-refractivity contribution is 7.13. The van der Waals surface area contributed by atoms with Gasteiger partial charge in [0.15, 0.2) is 0 Å². The zero-order valence-corrected chi connectivity index (χ0v) is 25.8. The number of piperidine rings is 1. The second-order valence-electron chi connectivity index (χ2n) is 10.6. The number of pyridine rings is 1. The van der Waals surface area contributed by atoms with E-state index in [1.165, 1.54) is 11.3 Å². The lowest BCUT2D eigenvalue weighted by atomic mass is 9.98. The summed E-state index contributed by atoms with van der Waals surface area (Å²) in [5, 5.41) is 3.49. The minimum absolute atomic E-state index is 0.0677. The molecule has 6 nitrogen and oxygen atoms in total. The zero-order valence-electron chi connectivity index (χ0n) is 23.5. The van der Waals surface area contributed by atoms with E-state index < -0.39 is 0 Å². The molecular formula is C32H33Cl2N3O3S. The number of hydrogen-bond donors (Lipinski definition) is 0. The van der Waals surface area contributed by atoms with Crippen molar-refractivity contribution in [3.05, 3.63) is 85.6 Å². The molecule has 41 heavy (non-hydrogen) atoms. The number of hydrogen-bond acceptors (Lipinski definition) is 5. The van der Waals surface area contributed by atoms with Crippen LogP contribution in [0, 0.1) is 5.92 Å². The van der Waals surface area contributed by atoms with Crippen LogP contribution < -0.4 is 10.3 Å². The van der Waals surface area contributed by atoms with Crippen LogP contribution in [0.2, 0.25) is 10.0 Å². The summed E-state index contributed by atoms with van der Waals surface area (Å²) in [5.41, 5.74) is 3.36. The molecule has 2 aromatic carbocycles. The van der Waals surface area contributed by atoms with E-state index in [1.54, 1.807) is 28.8 Å². The van der Waals surface area contributed by atoms with Crippen molar-refractivity contribution < 1.29 is 9.53 Å². The minimum atomic E-state index is -0.275. The summed E-state index contributed by atoms with van der Waals surface area (Å²) in [5.74, 6) is 0.717. The fourth-order valence-corrected chi connectivity index (χ4v) is 6.34. The molecule has 5 rings (SSSR count). The molecule has 0 bridgehead atoms. The van der Waals surface area contributed by atoms with E-state index in [0.717, 1.165) is 30.5 Å². The number of ether oxygens (including phenoxy) is 1. The molecule has 2 aromatic heterocycles. The van der Waals surface area contributed by atoms with Crippen molar-refractivity contribution >= 4 is 40.4 Å². The van der Waals surface area contributed by atoms with Gasteiger partial charge in [-0.3, -0.25) is 14.2 Å². The molecule has 0 N–H and O–H groups in total. The number of halogens is 2. The Morgan fingerprint density at radius 2 is 1.78 bits per heavy atom. The molecule has 1 aliphatic rings. The number of likely N-dealkylation sites (tertiary alicyclic amines) is 1. The van der Waals surface area contributed by atoms with Gasteiger partial charge in [0.25, 0.3) is 11.5 Å². The highest BCUT2D eigenvalue weighted by Crippen LogP contribution is 2.33. The van der Waals surface area contributed by atoms with Crippen LogP contribution in [-0.2, 0) is 6.42 Å². The first-order valence-corrected chi connectivity index (χ1v) is 15.6. The lowest BCUT2D eigenvalue weighted by Crippen LogP contribution is -2.38. The second-order valence-corrected chi connectivity index (χ2v) is 12.3. The van der Waals surface area contributed by atoms with Crippen molar-refractivity contribution in [2.75, 3.05) is 19.7 Å². The fourth-order valence-electron chi connectivity index (χ4n) is 5.17. The number of rotatable bonds is 8. The number of aromatic nitrogens is 2. The first-order valence-electron chi connectivity index (χ1n) is 14.0.